The van der Waals surface area contributed by atoms with Crippen LogP contribution in [0.25, 0.3) is 17.0 Å². The highest BCUT2D eigenvalue weighted by Gasteiger charge is 2.28. The Hall–Kier alpha value is -3.76. The molecule has 0 radical (unpaired) electrons. The highest BCUT2D eigenvalue weighted by Crippen LogP contribution is 2.36. The van der Waals surface area contributed by atoms with Gasteiger partial charge in [0.15, 0.2) is 11.6 Å². The number of nitrogens with zero attached hydrogens (tertiary/aromatic N) is 5. The molecule has 0 spiro atoms. The van der Waals surface area contributed by atoms with Gasteiger partial charge in [0.25, 0.3) is 0 Å². The smallest absolute Gasteiger partial charge is 0.316 e. The number of fused-ring (bicyclic) bond motifs is 1. The maximum Gasteiger partial charge on any atom is 0.316 e. The van der Waals surface area contributed by atoms with E-state index in [1.807, 2.05) is 18.7 Å². The number of rotatable bonds is 10. The summed E-state index contributed by atoms with van der Waals surface area (Å²) in [5.41, 5.74) is 10.3. The predicted molar refractivity (Wildman–Crippen MR) is 150 cm³/mol. The molecule has 10 nitrogen and oxygen atoms in total. The number of carbonyl (C=O) groups is 1. The number of benzene rings is 1. The lowest BCUT2D eigenvalue weighted by atomic mass is 10.0. The van der Waals surface area contributed by atoms with Crippen molar-refractivity contribution in [2.75, 3.05) is 18.6 Å². The Labute approximate surface area is 232 Å². The average Bonchev–Trinajstić information content (AvgIpc) is 3.32. The standard InChI is InChI=1S/C28H33ClN6O4/c1-6-7-19(37)14-39-20-8-9-22(29)21(10-20)26-33-25(24(16(3)30)17(4)36)15(2)27(34-26)35-12-18-11-31-28(38-5)32-23(18)13-35/h8-11,19,37H,6-7,12-14,30H2,1-5H3/t19-/m1/s1. The molecule has 1 atom stereocenters. The number of halogens is 1. The molecular formula is C28H33ClN6O4. The van der Waals surface area contributed by atoms with Crippen molar-refractivity contribution in [3.63, 3.8) is 0 Å². The maximum atomic E-state index is 12.7. The van der Waals surface area contributed by atoms with Crippen LogP contribution in [0.2, 0.25) is 5.02 Å². The lowest BCUT2D eigenvalue weighted by Gasteiger charge is -2.22. The molecule has 3 aromatic rings. The number of aromatic nitrogens is 4. The number of ketones is 1. The van der Waals surface area contributed by atoms with E-state index in [0.717, 1.165) is 17.7 Å². The van der Waals surface area contributed by atoms with Gasteiger partial charge in [-0.2, -0.15) is 4.98 Å². The van der Waals surface area contributed by atoms with Gasteiger partial charge in [-0.15, -0.1) is 0 Å². The third kappa shape index (κ3) is 6.12. The molecule has 1 aliphatic rings. The lowest BCUT2D eigenvalue weighted by Crippen LogP contribution is -2.20. The first-order valence-corrected chi connectivity index (χ1v) is 13.1. The third-order valence-corrected chi connectivity index (χ3v) is 6.79. The minimum Gasteiger partial charge on any atom is -0.491 e. The van der Waals surface area contributed by atoms with Crippen LogP contribution in [-0.2, 0) is 17.9 Å². The van der Waals surface area contributed by atoms with E-state index < -0.39 is 6.10 Å². The van der Waals surface area contributed by atoms with Gasteiger partial charge < -0.3 is 25.2 Å². The molecular weight excluding hydrogens is 520 g/mol. The fourth-order valence-electron chi connectivity index (χ4n) is 4.57. The Balaban J connectivity index is 1.82. The summed E-state index contributed by atoms with van der Waals surface area (Å²) in [4.78, 5) is 33.1. The molecule has 0 fully saturated rings. The molecule has 4 rings (SSSR count). The second kappa shape index (κ2) is 12.0. The topological polar surface area (TPSA) is 137 Å². The second-order valence-corrected chi connectivity index (χ2v) is 9.95. The fraction of sp³-hybridized carbons (Fsp3) is 0.393. The molecule has 0 amide bonds. The van der Waals surface area contributed by atoms with Crippen molar-refractivity contribution in [1.82, 2.24) is 19.9 Å². The van der Waals surface area contributed by atoms with Gasteiger partial charge in [-0.05, 0) is 45.4 Å². The van der Waals surface area contributed by atoms with Crippen LogP contribution >= 0.6 is 11.6 Å². The summed E-state index contributed by atoms with van der Waals surface area (Å²) < 4.78 is 11.0. The number of carbonyl (C=O) groups excluding carboxylic acids is 1. The van der Waals surface area contributed by atoms with Gasteiger partial charge in [0.1, 0.15) is 18.2 Å². The van der Waals surface area contributed by atoms with E-state index in [2.05, 4.69) is 9.97 Å². The zero-order chi connectivity index (χ0) is 28.3. The zero-order valence-corrected chi connectivity index (χ0v) is 23.5. The van der Waals surface area contributed by atoms with Crippen LogP contribution in [0.3, 0.4) is 0 Å². The zero-order valence-electron chi connectivity index (χ0n) is 22.8. The summed E-state index contributed by atoms with van der Waals surface area (Å²) >= 11 is 6.62. The van der Waals surface area contributed by atoms with Crippen LogP contribution in [0.15, 0.2) is 30.1 Å². The summed E-state index contributed by atoms with van der Waals surface area (Å²) in [6.45, 7) is 8.15. The molecule has 0 saturated carbocycles. The molecule has 39 heavy (non-hydrogen) atoms. The predicted octanol–water partition coefficient (Wildman–Crippen LogP) is 4.24. The van der Waals surface area contributed by atoms with E-state index in [9.17, 15) is 9.90 Å². The van der Waals surface area contributed by atoms with Crippen molar-refractivity contribution in [1.29, 1.82) is 0 Å². The van der Waals surface area contributed by atoms with E-state index in [1.165, 1.54) is 14.0 Å². The van der Waals surface area contributed by atoms with Crippen LogP contribution in [0, 0.1) is 6.92 Å². The lowest BCUT2D eigenvalue weighted by molar-refractivity contribution is -0.111. The first kappa shape index (κ1) is 28.3. The SMILES string of the molecule is CCC[C@@H](O)COc1ccc(Cl)c(-c2nc(C(C(C)=O)=C(C)N)c(C)c(N3Cc4cnc(OC)nc4C3)n2)c1. The number of nitrogens with two attached hydrogens (primary N) is 1. The second-order valence-electron chi connectivity index (χ2n) is 9.54. The van der Waals surface area contributed by atoms with Gasteiger partial charge in [-0.1, -0.05) is 24.9 Å². The number of allylic oxidation sites excluding steroid dienone is 2. The maximum absolute atomic E-state index is 12.7. The molecule has 0 aliphatic carbocycles. The van der Waals surface area contributed by atoms with Crippen molar-refractivity contribution in [3.8, 4) is 23.1 Å². The Kier molecular flexibility index (Phi) is 8.66. The van der Waals surface area contributed by atoms with Crippen LogP contribution in [0.1, 0.15) is 56.1 Å². The number of hydrogen-bond donors (Lipinski definition) is 2. The minimum atomic E-state index is -0.572. The van der Waals surface area contributed by atoms with E-state index >= 15 is 0 Å². The molecule has 1 aromatic carbocycles. The van der Waals surface area contributed by atoms with Crippen LogP contribution in [-0.4, -0.2) is 50.6 Å². The van der Waals surface area contributed by atoms with E-state index in [0.29, 0.717) is 76.0 Å². The van der Waals surface area contributed by atoms with Gasteiger partial charge >= 0.3 is 6.01 Å². The number of Topliss-reactive ketones (excluding diaryl/α,β-unsaturated/α-hetero) is 1. The quantitative estimate of drug-likeness (QED) is 0.351. The number of anilines is 1. The molecule has 0 saturated heterocycles. The number of ether oxygens (including phenoxy) is 2. The van der Waals surface area contributed by atoms with E-state index in [4.69, 9.17) is 36.8 Å². The minimum absolute atomic E-state index is 0.153. The number of hydrogen-bond acceptors (Lipinski definition) is 10. The fourth-order valence-corrected chi connectivity index (χ4v) is 4.77. The molecule has 2 aromatic heterocycles. The molecule has 3 heterocycles. The van der Waals surface area contributed by atoms with Gasteiger partial charge in [0, 0.05) is 35.1 Å². The Morgan fingerprint density at radius 1 is 1.23 bits per heavy atom. The largest absolute Gasteiger partial charge is 0.491 e. The molecule has 0 unspecified atom stereocenters. The Morgan fingerprint density at radius 2 is 2.00 bits per heavy atom. The van der Waals surface area contributed by atoms with Crippen molar-refractivity contribution in [2.24, 2.45) is 5.73 Å². The summed E-state index contributed by atoms with van der Waals surface area (Å²) in [6.07, 6.45) is 2.66. The summed E-state index contributed by atoms with van der Waals surface area (Å²) in [7, 11) is 1.53. The van der Waals surface area contributed by atoms with Gasteiger partial charge in [-0.3, -0.25) is 4.79 Å². The number of methoxy groups -OCH3 is 1. The first-order valence-electron chi connectivity index (χ1n) is 12.7. The third-order valence-electron chi connectivity index (χ3n) is 6.46. The van der Waals surface area contributed by atoms with Crippen molar-refractivity contribution < 1.29 is 19.4 Å². The monoisotopic (exact) mass is 552 g/mol. The van der Waals surface area contributed by atoms with E-state index in [1.54, 1.807) is 31.3 Å². The molecule has 11 heteroatoms. The molecule has 0 bridgehead atoms. The van der Waals surface area contributed by atoms with Gasteiger partial charge in [0.2, 0.25) is 0 Å². The highest BCUT2D eigenvalue weighted by molar-refractivity contribution is 6.33. The van der Waals surface area contributed by atoms with Crippen LogP contribution in [0.4, 0.5) is 5.82 Å². The number of aliphatic hydroxyl groups excluding tert-OH is 1. The summed E-state index contributed by atoms with van der Waals surface area (Å²) in [6, 6.07) is 5.46. The Bertz CT molecular complexity index is 1420. The van der Waals surface area contributed by atoms with E-state index in [-0.39, 0.29) is 12.4 Å². The molecule has 206 valence electrons. The van der Waals surface area contributed by atoms with Crippen molar-refractivity contribution in [3.05, 3.63) is 57.6 Å². The summed E-state index contributed by atoms with van der Waals surface area (Å²) in [5, 5.41) is 10.5. The van der Waals surface area contributed by atoms with Gasteiger partial charge in [-0.25, -0.2) is 15.0 Å². The summed E-state index contributed by atoms with van der Waals surface area (Å²) in [5.74, 6) is 1.25. The highest BCUT2D eigenvalue weighted by atomic mass is 35.5. The van der Waals surface area contributed by atoms with Crippen molar-refractivity contribution >= 4 is 28.8 Å². The Morgan fingerprint density at radius 3 is 2.67 bits per heavy atom. The van der Waals surface area contributed by atoms with Gasteiger partial charge in [0.05, 0.1) is 41.7 Å². The first-order chi connectivity index (χ1) is 18.6. The van der Waals surface area contributed by atoms with Crippen LogP contribution < -0.4 is 20.1 Å². The number of aliphatic hydroxyl groups is 1. The van der Waals surface area contributed by atoms with Crippen LogP contribution in [0.5, 0.6) is 11.8 Å². The molecule has 3 N–H and O–H groups in total. The average molecular weight is 553 g/mol. The molecule has 1 aliphatic heterocycles. The normalized spacial score (nSPS) is 14.1. The van der Waals surface area contributed by atoms with Crippen molar-refractivity contribution in [2.45, 2.75) is 59.7 Å².